The Kier molecular flexibility index (Phi) is 5.64. The zero-order valence-corrected chi connectivity index (χ0v) is 12.4. The summed E-state index contributed by atoms with van der Waals surface area (Å²) in [5, 5.41) is 3.42. The van der Waals surface area contributed by atoms with Crippen LogP contribution in [0.5, 0.6) is 0 Å². The summed E-state index contributed by atoms with van der Waals surface area (Å²) in [7, 11) is 2.23. The monoisotopic (exact) mass is 261 g/mol. The Morgan fingerprint density at radius 3 is 2.84 bits per heavy atom. The molecule has 1 heterocycles. The number of rotatable bonds is 6. The van der Waals surface area contributed by atoms with Gasteiger partial charge in [-0.25, -0.2) is 0 Å². The van der Waals surface area contributed by atoms with Gasteiger partial charge in [-0.2, -0.15) is 0 Å². The fourth-order valence-corrected chi connectivity index (χ4v) is 2.85. The summed E-state index contributed by atoms with van der Waals surface area (Å²) >= 11 is 0. The van der Waals surface area contributed by atoms with E-state index in [2.05, 4.69) is 41.3 Å². The number of hydrogen-bond acceptors (Lipinski definition) is 3. The molecule has 0 unspecified atom stereocenters. The van der Waals surface area contributed by atoms with Crippen LogP contribution in [0.25, 0.3) is 0 Å². The largest absolute Gasteiger partial charge is 0.372 e. The normalized spacial score (nSPS) is 16.5. The number of nitrogens with one attached hydrogen (secondary N) is 1. The van der Waals surface area contributed by atoms with Crippen LogP contribution in [0.15, 0.2) is 18.3 Å². The van der Waals surface area contributed by atoms with E-state index in [4.69, 9.17) is 0 Å². The Morgan fingerprint density at radius 2 is 2.11 bits per heavy atom. The first-order valence-corrected chi connectivity index (χ1v) is 7.69. The van der Waals surface area contributed by atoms with Crippen molar-refractivity contribution in [1.82, 2.24) is 10.3 Å². The highest BCUT2D eigenvalue weighted by molar-refractivity contribution is 5.46. The van der Waals surface area contributed by atoms with Crippen molar-refractivity contribution in [3.05, 3.63) is 24.0 Å². The standard InChI is InChI=1S/C16H27N3/c1-3-10-17-13-14-12-16(9-11-18-14)19(2)15-7-5-4-6-8-15/h9,11-12,15,17H,3-8,10,13H2,1-2H3. The maximum atomic E-state index is 4.45. The third kappa shape index (κ3) is 4.20. The van der Waals surface area contributed by atoms with Gasteiger partial charge in [-0.3, -0.25) is 4.98 Å². The topological polar surface area (TPSA) is 28.2 Å². The van der Waals surface area contributed by atoms with Gasteiger partial charge < -0.3 is 10.2 Å². The Bertz CT molecular complexity index is 372. The predicted octanol–water partition coefficient (Wildman–Crippen LogP) is 3.35. The van der Waals surface area contributed by atoms with Crippen molar-refractivity contribution in [2.45, 2.75) is 58.0 Å². The lowest BCUT2D eigenvalue weighted by molar-refractivity contribution is 0.427. The molecular weight excluding hydrogens is 234 g/mol. The van der Waals surface area contributed by atoms with E-state index < -0.39 is 0 Å². The number of anilines is 1. The van der Waals surface area contributed by atoms with Crippen molar-refractivity contribution >= 4 is 5.69 Å². The molecule has 106 valence electrons. The maximum Gasteiger partial charge on any atom is 0.0562 e. The van der Waals surface area contributed by atoms with Gasteiger partial charge in [-0.1, -0.05) is 26.2 Å². The molecule has 1 N–H and O–H groups in total. The van der Waals surface area contributed by atoms with Gasteiger partial charge in [0.1, 0.15) is 0 Å². The molecule has 2 rings (SSSR count). The predicted molar refractivity (Wildman–Crippen MR) is 81.5 cm³/mol. The molecule has 1 saturated carbocycles. The highest BCUT2D eigenvalue weighted by atomic mass is 15.1. The fourth-order valence-electron chi connectivity index (χ4n) is 2.85. The highest BCUT2D eigenvalue weighted by Gasteiger charge is 2.18. The molecule has 1 aromatic heterocycles. The minimum atomic E-state index is 0.715. The third-order valence-electron chi connectivity index (χ3n) is 4.06. The Hall–Kier alpha value is -1.09. The van der Waals surface area contributed by atoms with E-state index in [9.17, 15) is 0 Å². The van der Waals surface area contributed by atoms with E-state index in [0.29, 0.717) is 6.04 Å². The molecule has 1 aliphatic rings. The molecule has 3 nitrogen and oxygen atoms in total. The lowest BCUT2D eigenvalue weighted by atomic mass is 9.94. The van der Waals surface area contributed by atoms with Crippen LogP contribution in [0.4, 0.5) is 5.69 Å². The van der Waals surface area contributed by atoms with Gasteiger partial charge >= 0.3 is 0 Å². The minimum absolute atomic E-state index is 0.715. The van der Waals surface area contributed by atoms with Gasteiger partial charge in [-0.15, -0.1) is 0 Å². The highest BCUT2D eigenvalue weighted by Crippen LogP contribution is 2.26. The van der Waals surface area contributed by atoms with Crippen LogP contribution in [0.3, 0.4) is 0 Å². The Labute approximate surface area is 117 Å². The summed E-state index contributed by atoms with van der Waals surface area (Å²) in [5.41, 5.74) is 2.46. The molecule has 1 aliphatic carbocycles. The molecule has 1 aromatic rings. The molecule has 0 aliphatic heterocycles. The van der Waals surface area contributed by atoms with Crippen LogP contribution in [0.2, 0.25) is 0 Å². The van der Waals surface area contributed by atoms with Gasteiger partial charge in [0.2, 0.25) is 0 Å². The number of aromatic nitrogens is 1. The molecule has 0 atom stereocenters. The molecule has 0 saturated heterocycles. The molecule has 0 bridgehead atoms. The van der Waals surface area contributed by atoms with Crippen LogP contribution < -0.4 is 10.2 Å². The number of nitrogens with zero attached hydrogens (tertiary/aromatic N) is 2. The molecule has 3 heteroatoms. The minimum Gasteiger partial charge on any atom is -0.372 e. The van der Waals surface area contributed by atoms with Crippen LogP contribution in [0.1, 0.15) is 51.1 Å². The van der Waals surface area contributed by atoms with Gasteiger partial charge in [-0.05, 0) is 37.9 Å². The summed E-state index contributed by atoms with van der Waals surface area (Å²) < 4.78 is 0. The van der Waals surface area contributed by atoms with Crippen molar-refractivity contribution in [2.24, 2.45) is 0 Å². The quantitative estimate of drug-likeness (QED) is 0.796. The zero-order chi connectivity index (χ0) is 13.5. The van der Waals surface area contributed by atoms with Gasteiger partial charge in [0, 0.05) is 31.5 Å². The lowest BCUT2D eigenvalue weighted by Gasteiger charge is -2.33. The molecule has 1 fully saturated rings. The number of hydrogen-bond donors (Lipinski definition) is 1. The molecule has 0 aromatic carbocycles. The summed E-state index contributed by atoms with van der Waals surface area (Å²) in [6, 6.07) is 5.09. The number of pyridine rings is 1. The summed E-state index contributed by atoms with van der Waals surface area (Å²) in [5.74, 6) is 0. The average Bonchev–Trinajstić information content (AvgIpc) is 2.48. The van der Waals surface area contributed by atoms with E-state index in [-0.39, 0.29) is 0 Å². The lowest BCUT2D eigenvalue weighted by Crippen LogP contribution is -2.33. The maximum absolute atomic E-state index is 4.45. The first-order chi connectivity index (χ1) is 9.31. The van der Waals surface area contributed by atoms with Crippen LogP contribution >= 0.6 is 0 Å². The summed E-state index contributed by atoms with van der Waals surface area (Å²) in [6.45, 7) is 4.12. The van der Waals surface area contributed by atoms with Crippen molar-refractivity contribution in [3.63, 3.8) is 0 Å². The van der Waals surface area contributed by atoms with E-state index in [1.54, 1.807) is 0 Å². The molecule has 0 radical (unpaired) electrons. The van der Waals surface area contributed by atoms with E-state index in [0.717, 1.165) is 18.8 Å². The summed E-state index contributed by atoms with van der Waals surface area (Å²) in [6.07, 6.45) is 9.95. The van der Waals surface area contributed by atoms with Crippen LogP contribution in [0, 0.1) is 0 Å². The molecular formula is C16H27N3. The van der Waals surface area contributed by atoms with Crippen molar-refractivity contribution in [2.75, 3.05) is 18.5 Å². The first kappa shape index (κ1) is 14.3. The fraction of sp³-hybridized carbons (Fsp3) is 0.688. The smallest absolute Gasteiger partial charge is 0.0562 e. The second kappa shape index (κ2) is 7.49. The van der Waals surface area contributed by atoms with E-state index in [1.807, 2.05) is 6.20 Å². The molecule has 0 spiro atoms. The molecule has 0 amide bonds. The third-order valence-corrected chi connectivity index (χ3v) is 4.06. The second-order valence-corrected chi connectivity index (χ2v) is 5.58. The second-order valence-electron chi connectivity index (χ2n) is 5.58. The van der Waals surface area contributed by atoms with Crippen molar-refractivity contribution < 1.29 is 0 Å². The van der Waals surface area contributed by atoms with Crippen LogP contribution in [-0.2, 0) is 6.54 Å². The van der Waals surface area contributed by atoms with Gasteiger partial charge in [0.05, 0.1) is 5.69 Å². The van der Waals surface area contributed by atoms with E-state index in [1.165, 1.54) is 44.2 Å². The van der Waals surface area contributed by atoms with Gasteiger partial charge in [0.25, 0.3) is 0 Å². The first-order valence-electron chi connectivity index (χ1n) is 7.69. The Morgan fingerprint density at radius 1 is 1.32 bits per heavy atom. The van der Waals surface area contributed by atoms with Crippen LogP contribution in [-0.4, -0.2) is 24.6 Å². The SMILES string of the molecule is CCCNCc1cc(N(C)C2CCCCC2)ccn1. The Balaban J connectivity index is 1.96. The molecule has 19 heavy (non-hydrogen) atoms. The van der Waals surface area contributed by atoms with Crippen molar-refractivity contribution in [3.8, 4) is 0 Å². The summed E-state index contributed by atoms with van der Waals surface area (Å²) in [4.78, 5) is 6.90. The van der Waals surface area contributed by atoms with Gasteiger partial charge in [0.15, 0.2) is 0 Å². The zero-order valence-electron chi connectivity index (χ0n) is 12.4. The van der Waals surface area contributed by atoms with E-state index >= 15 is 0 Å². The average molecular weight is 261 g/mol. The van der Waals surface area contributed by atoms with Crippen molar-refractivity contribution in [1.29, 1.82) is 0 Å².